The highest BCUT2D eigenvalue weighted by atomic mass is 32.2. The Labute approximate surface area is 138 Å². The zero-order chi connectivity index (χ0) is 16.4. The van der Waals surface area contributed by atoms with E-state index in [2.05, 4.69) is 12.1 Å². The maximum Gasteiger partial charge on any atom is 0.211 e. The third kappa shape index (κ3) is 4.25. The zero-order valence-electron chi connectivity index (χ0n) is 13.5. The Kier molecular flexibility index (Phi) is 4.94. The minimum absolute atomic E-state index is 0.214. The van der Waals surface area contributed by atoms with Crippen LogP contribution in [0.3, 0.4) is 0 Å². The van der Waals surface area contributed by atoms with E-state index in [1.54, 1.807) is 6.92 Å². The number of rotatable bonds is 6. The molecule has 1 aliphatic carbocycles. The molecule has 0 aromatic heterocycles. The Morgan fingerprint density at radius 1 is 1.35 bits per heavy atom. The van der Waals surface area contributed by atoms with Gasteiger partial charge in [-0.3, -0.25) is 0 Å². The molecule has 1 aliphatic heterocycles. The van der Waals surface area contributed by atoms with Crippen LogP contribution in [0.4, 0.5) is 0 Å². The fraction of sp³-hybridized carbons (Fsp3) is 0.647. The smallest absolute Gasteiger partial charge is 0.211 e. The maximum atomic E-state index is 11.4. The number of benzene rings is 1. The number of sulfonamides is 1. The highest BCUT2D eigenvalue weighted by Crippen LogP contribution is 2.33. The van der Waals surface area contributed by atoms with Gasteiger partial charge in [-0.1, -0.05) is 6.07 Å². The van der Waals surface area contributed by atoms with Crippen LogP contribution >= 0.6 is 0 Å². The van der Waals surface area contributed by atoms with Crippen LogP contribution in [0, 0.1) is 5.92 Å². The summed E-state index contributed by atoms with van der Waals surface area (Å²) in [5, 5.41) is 4.74. The van der Waals surface area contributed by atoms with Crippen LogP contribution in [0.15, 0.2) is 18.2 Å². The molecule has 1 unspecified atom stereocenters. The first-order valence-corrected chi connectivity index (χ1v) is 9.90. The van der Waals surface area contributed by atoms with E-state index >= 15 is 0 Å². The van der Waals surface area contributed by atoms with Crippen molar-refractivity contribution in [1.82, 2.24) is 0 Å². The Hall–Kier alpha value is -1.11. The predicted octanol–water partition coefficient (Wildman–Crippen LogP) is 2.03. The first-order valence-electron chi connectivity index (χ1n) is 8.29. The van der Waals surface area contributed by atoms with Crippen molar-refractivity contribution < 1.29 is 17.9 Å². The third-order valence-electron chi connectivity index (χ3n) is 4.88. The van der Waals surface area contributed by atoms with E-state index in [0.717, 1.165) is 38.0 Å². The van der Waals surface area contributed by atoms with Gasteiger partial charge in [0.1, 0.15) is 12.4 Å². The van der Waals surface area contributed by atoms with Crippen LogP contribution in [0.1, 0.15) is 37.3 Å². The van der Waals surface area contributed by atoms with Crippen LogP contribution < -0.4 is 9.88 Å². The molecule has 3 atom stereocenters. The minimum atomic E-state index is -3.44. The monoisotopic (exact) mass is 339 g/mol. The standard InChI is InChI=1S/C17H25NO4S/c1-12(23(18,19)20)7-13-8-14-4-5-16(10-15(14)9-13)22-11-17-3-2-6-21-17/h4-5,10,12-13,17H,2-3,6-9,11H2,1H3,(H2,18,19,20)/t12?,13-,17+/m0/s1. The summed E-state index contributed by atoms with van der Waals surface area (Å²) < 4.78 is 34.2. The molecule has 0 saturated carbocycles. The van der Waals surface area contributed by atoms with Crippen LogP contribution in [-0.2, 0) is 27.6 Å². The lowest BCUT2D eigenvalue weighted by Crippen LogP contribution is -2.28. The summed E-state index contributed by atoms with van der Waals surface area (Å²) in [4.78, 5) is 0. The van der Waals surface area contributed by atoms with Crippen LogP contribution in [0.5, 0.6) is 5.75 Å². The number of primary sulfonamides is 1. The summed E-state index contributed by atoms with van der Waals surface area (Å²) in [7, 11) is -3.44. The van der Waals surface area contributed by atoms with E-state index < -0.39 is 15.3 Å². The van der Waals surface area contributed by atoms with Crippen molar-refractivity contribution >= 4 is 10.0 Å². The number of nitrogens with two attached hydrogens (primary N) is 1. The molecule has 2 N–H and O–H groups in total. The summed E-state index contributed by atoms with van der Waals surface area (Å²) in [5.74, 6) is 1.21. The largest absolute Gasteiger partial charge is 0.491 e. The highest BCUT2D eigenvalue weighted by Gasteiger charge is 2.27. The second-order valence-electron chi connectivity index (χ2n) is 6.79. The second-order valence-corrected chi connectivity index (χ2v) is 8.77. The number of hydrogen-bond donors (Lipinski definition) is 1. The van der Waals surface area contributed by atoms with Crippen LogP contribution in [0.25, 0.3) is 0 Å². The third-order valence-corrected chi connectivity index (χ3v) is 6.20. The van der Waals surface area contributed by atoms with E-state index in [0.29, 0.717) is 18.9 Å². The molecule has 0 amide bonds. The SMILES string of the molecule is CC(C[C@H]1Cc2ccc(OC[C@H]3CCCO3)cc2C1)S(N)(=O)=O. The first-order chi connectivity index (χ1) is 10.9. The molecule has 1 fully saturated rings. The van der Waals surface area contributed by atoms with Gasteiger partial charge in [0.2, 0.25) is 10.0 Å². The number of hydrogen-bond acceptors (Lipinski definition) is 4. The molecule has 3 rings (SSSR count). The van der Waals surface area contributed by atoms with Gasteiger partial charge in [-0.05, 0) is 68.2 Å². The molecule has 1 saturated heterocycles. The fourth-order valence-corrected chi connectivity index (χ4v) is 4.05. The summed E-state index contributed by atoms with van der Waals surface area (Å²) >= 11 is 0. The summed E-state index contributed by atoms with van der Waals surface area (Å²) in [6.45, 7) is 3.13. The lowest BCUT2D eigenvalue weighted by molar-refractivity contribution is 0.0679. The molecule has 5 nitrogen and oxygen atoms in total. The predicted molar refractivity (Wildman–Crippen MR) is 89.0 cm³/mol. The van der Waals surface area contributed by atoms with Crippen LogP contribution in [0.2, 0.25) is 0 Å². The molecule has 6 heteroatoms. The van der Waals surface area contributed by atoms with Gasteiger partial charge < -0.3 is 9.47 Å². The second kappa shape index (κ2) is 6.79. The minimum Gasteiger partial charge on any atom is -0.491 e. The Balaban J connectivity index is 1.57. The Morgan fingerprint density at radius 2 is 2.13 bits per heavy atom. The average molecular weight is 339 g/mol. The van der Waals surface area contributed by atoms with E-state index in [1.165, 1.54) is 11.1 Å². The molecule has 23 heavy (non-hydrogen) atoms. The molecular formula is C17H25NO4S. The molecule has 2 aliphatic rings. The van der Waals surface area contributed by atoms with Gasteiger partial charge in [-0.2, -0.15) is 0 Å². The van der Waals surface area contributed by atoms with Gasteiger partial charge in [-0.15, -0.1) is 0 Å². The van der Waals surface area contributed by atoms with E-state index in [4.69, 9.17) is 14.6 Å². The lowest BCUT2D eigenvalue weighted by Gasteiger charge is -2.14. The normalized spacial score (nSPS) is 25.3. The van der Waals surface area contributed by atoms with Crippen molar-refractivity contribution in [1.29, 1.82) is 0 Å². The molecular weight excluding hydrogens is 314 g/mol. The quantitative estimate of drug-likeness (QED) is 0.860. The summed E-state index contributed by atoms with van der Waals surface area (Å²) in [6.07, 6.45) is 4.82. The first kappa shape index (κ1) is 16.7. The molecule has 128 valence electrons. The molecule has 1 heterocycles. The fourth-order valence-electron chi connectivity index (χ4n) is 3.51. The van der Waals surface area contributed by atoms with Gasteiger partial charge >= 0.3 is 0 Å². The van der Waals surface area contributed by atoms with E-state index in [-0.39, 0.29) is 6.10 Å². The highest BCUT2D eigenvalue weighted by molar-refractivity contribution is 7.89. The van der Waals surface area contributed by atoms with Crippen molar-refractivity contribution in [2.75, 3.05) is 13.2 Å². The molecule has 0 bridgehead atoms. The molecule has 0 radical (unpaired) electrons. The molecule has 0 spiro atoms. The van der Waals surface area contributed by atoms with Gasteiger partial charge in [0, 0.05) is 6.61 Å². The summed E-state index contributed by atoms with van der Waals surface area (Å²) in [6, 6.07) is 6.19. The molecule has 1 aromatic carbocycles. The van der Waals surface area contributed by atoms with E-state index in [9.17, 15) is 8.42 Å². The Morgan fingerprint density at radius 3 is 2.83 bits per heavy atom. The van der Waals surface area contributed by atoms with Gasteiger partial charge in [0.15, 0.2) is 0 Å². The van der Waals surface area contributed by atoms with Crippen molar-refractivity contribution in [3.05, 3.63) is 29.3 Å². The Bertz CT molecular complexity index is 653. The zero-order valence-corrected chi connectivity index (χ0v) is 14.3. The summed E-state index contributed by atoms with van der Waals surface area (Å²) in [5.41, 5.74) is 2.56. The van der Waals surface area contributed by atoms with Gasteiger partial charge in [-0.25, -0.2) is 13.6 Å². The number of ether oxygens (including phenoxy) is 2. The number of fused-ring (bicyclic) bond motifs is 1. The lowest BCUT2D eigenvalue weighted by atomic mass is 10.0. The van der Waals surface area contributed by atoms with Crippen LogP contribution in [-0.4, -0.2) is 33.0 Å². The van der Waals surface area contributed by atoms with Crippen molar-refractivity contribution in [3.8, 4) is 5.75 Å². The van der Waals surface area contributed by atoms with Crippen molar-refractivity contribution in [2.45, 2.75) is 50.4 Å². The van der Waals surface area contributed by atoms with Gasteiger partial charge in [0.25, 0.3) is 0 Å². The van der Waals surface area contributed by atoms with Crippen molar-refractivity contribution in [3.63, 3.8) is 0 Å². The average Bonchev–Trinajstić information content (AvgIpc) is 3.12. The maximum absolute atomic E-state index is 11.4. The van der Waals surface area contributed by atoms with Gasteiger partial charge in [0.05, 0.1) is 11.4 Å². The molecule has 1 aromatic rings. The van der Waals surface area contributed by atoms with Crippen molar-refractivity contribution in [2.24, 2.45) is 11.1 Å². The van der Waals surface area contributed by atoms with E-state index in [1.807, 2.05) is 6.07 Å². The topological polar surface area (TPSA) is 78.6 Å².